The van der Waals surface area contributed by atoms with E-state index >= 15 is 0 Å². The molecule has 0 aliphatic heterocycles. The van der Waals surface area contributed by atoms with Crippen molar-refractivity contribution >= 4 is 11.6 Å². The summed E-state index contributed by atoms with van der Waals surface area (Å²) in [4.78, 5) is 0. The van der Waals surface area contributed by atoms with Gasteiger partial charge in [-0.15, -0.1) is 0 Å². The van der Waals surface area contributed by atoms with E-state index in [-0.39, 0.29) is 5.82 Å². The van der Waals surface area contributed by atoms with Crippen LogP contribution in [0.25, 0.3) is 0 Å². The maximum atomic E-state index is 12.7. The van der Waals surface area contributed by atoms with Gasteiger partial charge in [-0.05, 0) is 54.7 Å². The Hall–Kier alpha value is -1.34. The second-order valence-electron chi connectivity index (χ2n) is 4.11. The van der Waals surface area contributed by atoms with Gasteiger partial charge >= 0.3 is 0 Å². The Kier molecular flexibility index (Phi) is 4.16. The van der Waals surface area contributed by atoms with Crippen LogP contribution in [0.3, 0.4) is 0 Å². The van der Waals surface area contributed by atoms with Gasteiger partial charge in [0.2, 0.25) is 0 Å². The van der Waals surface area contributed by atoms with Crippen LogP contribution in [0.1, 0.15) is 17.5 Å². The van der Waals surface area contributed by atoms with Crippen molar-refractivity contribution in [1.29, 1.82) is 0 Å². The maximum absolute atomic E-state index is 12.7. The zero-order valence-electron chi connectivity index (χ0n) is 9.50. The van der Waals surface area contributed by atoms with Gasteiger partial charge in [0.1, 0.15) is 5.82 Å². The van der Waals surface area contributed by atoms with Crippen molar-refractivity contribution in [2.24, 2.45) is 0 Å². The molecule has 0 fully saturated rings. The first-order valence-corrected chi connectivity index (χ1v) is 6.11. The van der Waals surface area contributed by atoms with E-state index in [2.05, 4.69) is 0 Å². The summed E-state index contributed by atoms with van der Waals surface area (Å²) in [6, 6.07) is 14.6. The molecule has 2 aromatic rings. The molecule has 0 saturated heterocycles. The van der Waals surface area contributed by atoms with Crippen molar-refractivity contribution < 1.29 is 4.39 Å². The normalized spacial score (nSPS) is 10.5. The molecule has 0 N–H and O–H groups in total. The summed E-state index contributed by atoms with van der Waals surface area (Å²) < 4.78 is 12.7. The van der Waals surface area contributed by atoms with E-state index in [9.17, 15) is 4.39 Å². The number of hydrogen-bond acceptors (Lipinski definition) is 0. The third-order valence-electron chi connectivity index (χ3n) is 2.76. The highest BCUT2D eigenvalue weighted by Crippen LogP contribution is 2.12. The summed E-state index contributed by atoms with van der Waals surface area (Å²) in [5.41, 5.74) is 2.47. The van der Waals surface area contributed by atoms with Crippen molar-refractivity contribution in [1.82, 2.24) is 0 Å². The monoisotopic (exact) mass is 248 g/mol. The molecule has 88 valence electrons. The first kappa shape index (κ1) is 12.1. The fourth-order valence-electron chi connectivity index (χ4n) is 1.80. The van der Waals surface area contributed by atoms with Crippen molar-refractivity contribution in [3.8, 4) is 0 Å². The molecule has 0 aliphatic carbocycles. The lowest BCUT2D eigenvalue weighted by molar-refractivity contribution is 0.626. The van der Waals surface area contributed by atoms with E-state index in [1.54, 1.807) is 0 Å². The minimum atomic E-state index is -0.175. The van der Waals surface area contributed by atoms with Crippen LogP contribution < -0.4 is 0 Å². The molecule has 0 atom stereocenters. The Labute approximate surface area is 106 Å². The molecule has 0 unspecified atom stereocenters. The van der Waals surface area contributed by atoms with Gasteiger partial charge in [0.15, 0.2) is 0 Å². The van der Waals surface area contributed by atoms with E-state index in [1.807, 2.05) is 36.4 Å². The first-order chi connectivity index (χ1) is 8.24. The van der Waals surface area contributed by atoms with Gasteiger partial charge < -0.3 is 0 Å². The summed E-state index contributed by atoms with van der Waals surface area (Å²) in [6.07, 6.45) is 3.06. The molecule has 0 radical (unpaired) electrons. The summed E-state index contributed by atoms with van der Waals surface area (Å²) >= 11 is 5.82. The van der Waals surface area contributed by atoms with Crippen molar-refractivity contribution in [2.45, 2.75) is 19.3 Å². The predicted molar refractivity (Wildman–Crippen MR) is 69.9 cm³/mol. The zero-order chi connectivity index (χ0) is 12.1. The molecule has 0 heterocycles. The smallest absolute Gasteiger partial charge is 0.123 e. The highest BCUT2D eigenvalue weighted by molar-refractivity contribution is 6.30. The van der Waals surface area contributed by atoms with Crippen molar-refractivity contribution in [3.05, 3.63) is 70.5 Å². The lowest BCUT2D eigenvalue weighted by Crippen LogP contribution is -1.90. The third kappa shape index (κ3) is 3.86. The first-order valence-electron chi connectivity index (χ1n) is 5.73. The molecule has 0 amide bonds. The molecule has 0 saturated carbocycles. The van der Waals surface area contributed by atoms with Crippen LogP contribution in [-0.4, -0.2) is 0 Å². The van der Waals surface area contributed by atoms with E-state index in [0.717, 1.165) is 24.3 Å². The molecule has 2 heteroatoms. The number of benzene rings is 2. The van der Waals surface area contributed by atoms with Gasteiger partial charge in [-0.1, -0.05) is 35.9 Å². The lowest BCUT2D eigenvalue weighted by atomic mass is 10.0. The summed E-state index contributed by atoms with van der Waals surface area (Å²) in [7, 11) is 0. The van der Waals surface area contributed by atoms with Gasteiger partial charge in [0.05, 0.1) is 0 Å². The Bertz CT molecular complexity index is 414. The average Bonchev–Trinajstić information content (AvgIpc) is 2.34. The van der Waals surface area contributed by atoms with Crippen LogP contribution in [0.4, 0.5) is 4.39 Å². The van der Waals surface area contributed by atoms with Gasteiger partial charge in [-0.3, -0.25) is 0 Å². The van der Waals surface area contributed by atoms with Gasteiger partial charge in [0.25, 0.3) is 0 Å². The molecular weight excluding hydrogens is 235 g/mol. The van der Waals surface area contributed by atoms with Gasteiger partial charge in [0, 0.05) is 5.02 Å². The maximum Gasteiger partial charge on any atom is 0.123 e. The molecular formula is C15H14ClF. The van der Waals surface area contributed by atoms with Crippen LogP contribution in [0.15, 0.2) is 48.5 Å². The topological polar surface area (TPSA) is 0 Å². The Balaban J connectivity index is 1.83. The Morgan fingerprint density at radius 1 is 0.765 bits per heavy atom. The van der Waals surface area contributed by atoms with Gasteiger partial charge in [-0.2, -0.15) is 0 Å². The molecule has 0 aliphatic rings. The van der Waals surface area contributed by atoms with E-state index < -0.39 is 0 Å². The molecule has 2 rings (SSSR count). The molecule has 17 heavy (non-hydrogen) atoms. The van der Waals surface area contributed by atoms with Crippen LogP contribution in [0, 0.1) is 5.82 Å². The highest BCUT2D eigenvalue weighted by Gasteiger charge is 1.96. The summed E-state index contributed by atoms with van der Waals surface area (Å²) in [5.74, 6) is -0.175. The van der Waals surface area contributed by atoms with Crippen molar-refractivity contribution in [2.75, 3.05) is 0 Å². The predicted octanol–water partition coefficient (Wildman–Crippen LogP) is 4.65. The third-order valence-corrected chi connectivity index (χ3v) is 3.01. The number of halogens is 2. The second kappa shape index (κ2) is 5.83. The number of aryl methyl sites for hydroxylation is 2. The molecule has 0 aromatic heterocycles. The Morgan fingerprint density at radius 3 is 1.76 bits per heavy atom. The molecule has 0 spiro atoms. The van der Waals surface area contributed by atoms with E-state index in [4.69, 9.17) is 11.6 Å². The number of hydrogen-bond donors (Lipinski definition) is 0. The average molecular weight is 249 g/mol. The minimum absolute atomic E-state index is 0.175. The second-order valence-corrected chi connectivity index (χ2v) is 4.54. The highest BCUT2D eigenvalue weighted by atomic mass is 35.5. The fraction of sp³-hybridized carbons (Fsp3) is 0.200. The Morgan fingerprint density at radius 2 is 1.24 bits per heavy atom. The standard InChI is InChI=1S/C15H14ClF/c16-14-8-4-12(5-9-14)2-1-3-13-6-10-15(17)11-7-13/h4-11H,1-3H2. The van der Waals surface area contributed by atoms with E-state index in [1.165, 1.54) is 23.3 Å². The lowest BCUT2D eigenvalue weighted by Gasteiger charge is -2.02. The zero-order valence-corrected chi connectivity index (χ0v) is 10.3. The molecule has 0 nitrogen and oxygen atoms in total. The largest absolute Gasteiger partial charge is 0.207 e. The van der Waals surface area contributed by atoms with Gasteiger partial charge in [-0.25, -0.2) is 4.39 Å². The molecule has 2 aromatic carbocycles. The van der Waals surface area contributed by atoms with Crippen LogP contribution >= 0.6 is 11.6 Å². The van der Waals surface area contributed by atoms with Crippen LogP contribution in [0.5, 0.6) is 0 Å². The number of rotatable bonds is 4. The quantitative estimate of drug-likeness (QED) is 0.739. The van der Waals surface area contributed by atoms with Crippen molar-refractivity contribution in [3.63, 3.8) is 0 Å². The van der Waals surface area contributed by atoms with Crippen LogP contribution in [0.2, 0.25) is 5.02 Å². The van der Waals surface area contributed by atoms with E-state index in [0.29, 0.717) is 0 Å². The van der Waals surface area contributed by atoms with Crippen LogP contribution in [-0.2, 0) is 12.8 Å². The fourth-order valence-corrected chi connectivity index (χ4v) is 1.92. The SMILES string of the molecule is Fc1ccc(CCCc2ccc(Cl)cc2)cc1. The molecule has 0 bridgehead atoms. The minimum Gasteiger partial charge on any atom is -0.207 e. The summed E-state index contributed by atoms with van der Waals surface area (Å²) in [6.45, 7) is 0. The summed E-state index contributed by atoms with van der Waals surface area (Å²) in [5, 5.41) is 0.771.